The maximum Gasteiger partial charge on any atom is 0.139 e. The molecule has 0 bridgehead atoms. The zero-order valence-electron chi connectivity index (χ0n) is 9.22. The molecule has 1 aromatic rings. The third-order valence-electron chi connectivity index (χ3n) is 2.47. The van der Waals surface area contributed by atoms with Crippen LogP contribution in [0.5, 0.6) is 0 Å². The van der Waals surface area contributed by atoms with E-state index in [2.05, 4.69) is 39.1 Å². The Hall–Kier alpha value is -0.955. The number of nitrogens with one attached hydrogen (secondary N) is 1. The standard InChI is InChI=1S/C11H18BNO/c1-3-9-6-10(12)7-11(8(9)2)13-4-5-14/h6-7,13-14H,3-5,12H2,1-2H3. The van der Waals surface area contributed by atoms with Crippen LogP contribution in [0, 0.1) is 6.92 Å². The van der Waals surface area contributed by atoms with Crippen molar-refractivity contribution in [3.63, 3.8) is 0 Å². The maximum atomic E-state index is 8.75. The molecule has 2 N–H and O–H groups in total. The SMILES string of the molecule is Bc1cc(CC)c(C)c(NCCO)c1. The van der Waals surface area contributed by atoms with E-state index in [4.69, 9.17) is 5.11 Å². The van der Waals surface area contributed by atoms with Gasteiger partial charge in [0.25, 0.3) is 0 Å². The van der Waals surface area contributed by atoms with Gasteiger partial charge in [0.2, 0.25) is 0 Å². The van der Waals surface area contributed by atoms with Gasteiger partial charge in [-0.1, -0.05) is 18.5 Å². The molecule has 0 spiro atoms. The number of aliphatic hydroxyl groups is 1. The van der Waals surface area contributed by atoms with E-state index in [1.165, 1.54) is 16.6 Å². The average molecular weight is 191 g/mol. The van der Waals surface area contributed by atoms with E-state index >= 15 is 0 Å². The van der Waals surface area contributed by atoms with Gasteiger partial charge < -0.3 is 10.4 Å². The molecule has 76 valence electrons. The molecule has 0 saturated heterocycles. The summed E-state index contributed by atoms with van der Waals surface area (Å²) in [5, 5.41) is 12.0. The second kappa shape index (κ2) is 5.06. The first kappa shape index (κ1) is 11.1. The lowest BCUT2D eigenvalue weighted by molar-refractivity contribution is 0.311. The van der Waals surface area contributed by atoms with E-state index in [-0.39, 0.29) is 6.61 Å². The summed E-state index contributed by atoms with van der Waals surface area (Å²) in [7, 11) is 2.10. The van der Waals surface area contributed by atoms with E-state index in [0.717, 1.165) is 12.1 Å². The Kier molecular flexibility index (Phi) is 4.02. The van der Waals surface area contributed by atoms with Crippen molar-refractivity contribution in [2.45, 2.75) is 20.3 Å². The van der Waals surface area contributed by atoms with Crippen LogP contribution in [0.4, 0.5) is 5.69 Å². The van der Waals surface area contributed by atoms with Crippen molar-refractivity contribution in [2.75, 3.05) is 18.5 Å². The third-order valence-corrected chi connectivity index (χ3v) is 2.47. The van der Waals surface area contributed by atoms with Gasteiger partial charge in [-0.3, -0.25) is 0 Å². The third kappa shape index (κ3) is 2.52. The maximum absolute atomic E-state index is 8.75. The molecule has 0 atom stereocenters. The minimum atomic E-state index is 0.175. The van der Waals surface area contributed by atoms with Gasteiger partial charge in [-0.2, -0.15) is 0 Å². The number of rotatable bonds is 4. The Morgan fingerprint density at radius 1 is 1.43 bits per heavy atom. The van der Waals surface area contributed by atoms with Gasteiger partial charge >= 0.3 is 0 Å². The Bertz CT molecular complexity index is 312. The molecule has 1 rings (SSSR count). The highest BCUT2D eigenvalue weighted by molar-refractivity contribution is 6.32. The number of anilines is 1. The van der Waals surface area contributed by atoms with E-state index in [1.807, 2.05) is 0 Å². The molecule has 0 aliphatic carbocycles. The van der Waals surface area contributed by atoms with Crippen LogP contribution < -0.4 is 10.8 Å². The molecule has 0 amide bonds. The minimum absolute atomic E-state index is 0.175. The van der Waals surface area contributed by atoms with Crippen LogP contribution >= 0.6 is 0 Å². The predicted molar refractivity (Wildman–Crippen MR) is 64.3 cm³/mol. The molecule has 1 aromatic carbocycles. The number of hydrogen-bond donors (Lipinski definition) is 2. The highest BCUT2D eigenvalue weighted by Crippen LogP contribution is 2.17. The highest BCUT2D eigenvalue weighted by Gasteiger charge is 2.03. The molecule has 0 radical (unpaired) electrons. The lowest BCUT2D eigenvalue weighted by Crippen LogP contribution is -2.12. The van der Waals surface area contributed by atoms with Gasteiger partial charge in [-0.05, 0) is 30.5 Å². The van der Waals surface area contributed by atoms with E-state index < -0.39 is 0 Å². The summed E-state index contributed by atoms with van der Waals surface area (Å²) in [6.45, 7) is 5.08. The highest BCUT2D eigenvalue weighted by atomic mass is 16.3. The molecule has 3 heteroatoms. The molecule has 2 nitrogen and oxygen atoms in total. The summed E-state index contributed by atoms with van der Waals surface area (Å²) >= 11 is 0. The summed E-state index contributed by atoms with van der Waals surface area (Å²) in [6, 6.07) is 4.35. The summed E-state index contributed by atoms with van der Waals surface area (Å²) in [4.78, 5) is 0. The van der Waals surface area contributed by atoms with Crippen LogP contribution in [0.3, 0.4) is 0 Å². The zero-order chi connectivity index (χ0) is 10.6. The van der Waals surface area contributed by atoms with Crippen molar-refractivity contribution in [1.29, 1.82) is 0 Å². The largest absolute Gasteiger partial charge is 0.395 e. The fourth-order valence-corrected chi connectivity index (χ4v) is 1.68. The molecule has 0 heterocycles. The van der Waals surface area contributed by atoms with Gasteiger partial charge in [-0.25, -0.2) is 0 Å². The number of hydrogen-bond acceptors (Lipinski definition) is 2. The summed E-state index contributed by atoms with van der Waals surface area (Å²) in [6.07, 6.45) is 1.06. The van der Waals surface area contributed by atoms with Gasteiger partial charge in [0, 0.05) is 12.2 Å². The van der Waals surface area contributed by atoms with Crippen molar-refractivity contribution in [2.24, 2.45) is 0 Å². The van der Waals surface area contributed by atoms with Crippen molar-refractivity contribution < 1.29 is 5.11 Å². The first-order valence-electron chi connectivity index (χ1n) is 5.14. The molecule has 0 aliphatic heterocycles. The molecular formula is C11H18BNO. The van der Waals surface area contributed by atoms with Crippen molar-refractivity contribution in [3.8, 4) is 0 Å². The second-order valence-corrected chi connectivity index (χ2v) is 3.60. The second-order valence-electron chi connectivity index (χ2n) is 3.60. The monoisotopic (exact) mass is 191 g/mol. The Morgan fingerprint density at radius 3 is 2.71 bits per heavy atom. The van der Waals surface area contributed by atoms with Crippen LogP contribution in [-0.4, -0.2) is 26.1 Å². The van der Waals surface area contributed by atoms with Crippen molar-refractivity contribution >= 4 is 19.0 Å². The molecule has 0 fully saturated rings. The summed E-state index contributed by atoms with van der Waals surface area (Å²) in [5.41, 5.74) is 5.10. The molecular weight excluding hydrogens is 173 g/mol. The van der Waals surface area contributed by atoms with Gasteiger partial charge in [0.05, 0.1) is 6.61 Å². The fourth-order valence-electron chi connectivity index (χ4n) is 1.68. The van der Waals surface area contributed by atoms with E-state index in [0.29, 0.717) is 6.54 Å². The van der Waals surface area contributed by atoms with Crippen molar-refractivity contribution in [3.05, 3.63) is 23.3 Å². The average Bonchev–Trinajstić information content (AvgIpc) is 2.18. The Balaban J connectivity index is 2.96. The molecule has 0 unspecified atom stereocenters. The Labute approximate surface area is 86.8 Å². The number of benzene rings is 1. The van der Waals surface area contributed by atoms with E-state index in [1.54, 1.807) is 0 Å². The van der Waals surface area contributed by atoms with Gasteiger partial charge in [-0.15, -0.1) is 0 Å². The van der Waals surface area contributed by atoms with Crippen LogP contribution in [0.2, 0.25) is 0 Å². The Morgan fingerprint density at radius 2 is 2.14 bits per heavy atom. The van der Waals surface area contributed by atoms with Crippen LogP contribution in [0.25, 0.3) is 0 Å². The first-order valence-corrected chi connectivity index (χ1v) is 5.14. The molecule has 14 heavy (non-hydrogen) atoms. The lowest BCUT2D eigenvalue weighted by Gasteiger charge is -2.13. The molecule has 0 aliphatic rings. The number of aryl methyl sites for hydroxylation is 1. The van der Waals surface area contributed by atoms with E-state index in [9.17, 15) is 0 Å². The van der Waals surface area contributed by atoms with Crippen LogP contribution in [-0.2, 0) is 6.42 Å². The van der Waals surface area contributed by atoms with Crippen molar-refractivity contribution in [1.82, 2.24) is 0 Å². The summed E-state index contributed by atoms with van der Waals surface area (Å²) in [5.74, 6) is 0. The molecule has 0 aromatic heterocycles. The smallest absolute Gasteiger partial charge is 0.139 e. The predicted octanol–water partition coefficient (Wildman–Crippen LogP) is 0.220. The van der Waals surface area contributed by atoms with Gasteiger partial charge in [0.15, 0.2) is 0 Å². The zero-order valence-corrected chi connectivity index (χ0v) is 9.22. The number of aliphatic hydroxyl groups excluding tert-OH is 1. The topological polar surface area (TPSA) is 32.3 Å². The molecule has 0 saturated carbocycles. The normalized spacial score (nSPS) is 10.2. The van der Waals surface area contributed by atoms with Crippen LogP contribution in [0.15, 0.2) is 12.1 Å². The fraction of sp³-hybridized carbons (Fsp3) is 0.455. The lowest BCUT2D eigenvalue weighted by atomic mass is 9.90. The van der Waals surface area contributed by atoms with Gasteiger partial charge in [0.1, 0.15) is 7.85 Å². The quantitative estimate of drug-likeness (QED) is 0.667. The van der Waals surface area contributed by atoms with Crippen LogP contribution in [0.1, 0.15) is 18.1 Å². The first-order chi connectivity index (χ1) is 6.69. The minimum Gasteiger partial charge on any atom is -0.395 e. The summed E-state index contributed by atoms with van der Waals surface area (Å²) < 4.78 is 0.